The number of aromatic nitrogens is 15. The molecule has 4 aliphatic heterocycles. The molecule has 42 nitrogen and oxygen atoms in total. The molecular formula is C44H56FN19O23P4. The number of nitrogens with one attached hydrogen (secondary N) is 2. The average molecular weight is 1360 g/mol. The zero-order chi connectivity index (χ0) is 63.7. The van der Waals surface area contributed by atoms with Crippen LogP contribution in [-0.4, -0.2) is 196 Å². The van der Waals surface area contributed by atoms with E-state index in [2.05, 4.69) is 54.8 Å². The van der Waals surface area contributed by atoms with Crippen LogP contribution in [0.4, 0.5) is 27.8 Å². The van der Waals surface area contributed by atoms with Crippen LogP contribution in [-0.2, 0) is 63.9 Å². The van der Waals surface area contributed by atoms with Gasteiger partial charge in [0.15, 0.2) is 58.1 Å². The molecule has 4 saturated heterocycles. The van der Waals surface area contributed by atoms with Crippen molar-refractivity contribution in [3.63, 3.8) is 0 Å². The molecule has 17 N–H and O–H groups in total. The highest BCUT2D eigenvalue weighted by Gasteiger charge is 2.56. The lowest BCUT2D eigenvalue weighted by atomic mass is 10.1. The Balaban J connectivity index is 0.000000174. The van der Waals surface area contributed by atoms with E-state index in [-0.39, 0.29) is 88.3 Å². The van der Waals surface area contributed by atoms with Gasteiger partial charge in [-0.15, -0.1) is 0 Å². The van der Waals surface area contributed by atoms with E-state index in [1.807, 2.05) is 0 Å². The van der Waals surface area contributed by atoms with Gasteiger partial charge in [0.25, 0.3) is 11.1 Å². The summed E-state index contributed by atoms with van der Waals surface area (Å²) in [5.74, 6) is -2.39. The number of aliphatic hydroxyl groups excluding tert-OH is 3. The van der Waals surface area contributed by atoms with E-state index in [1.54, 1.807) is 0 Å². The third-order valence-corrected chi connectivity index (χ3v) is 19.8. The van der Waals surface area contributed by atoms with Crippen molar-refractivity contribution in [1.29, 1.82) is 0 Å². The van der Waals surface area contributed by atoms with E-state index in [9.17, 15) is 62.7 Å². The van der Waals surface area contributed by atoms with Crippen molar-refractivity contribution in [2.45, 2.75) is 106 Å². The largest absolute Gasteiger partial charge is 0.472 e. The smallest absolute Gasteiger partial charge is 0.397 e. The molecule has 8 aromatic rings. The summed E-state index contributed by atoms with van der Waals surface area (Å²) < 4.78 is 127. The lowest BCUT2D eigenvalue weighted by Gasteiger charge is -2.26. The van der Waals surface area contributed by atoms with Crippen LogP contribution in [0.2, 0.25) is 0 Å². The lowest BCUT2D eigenvalue weighted by Crippen LogP contribution is -2.36. The molecule has 4 bridgehead atoms. The molecule has 2 aliphatic carbocycles. The lowest BCUT2D eigenvalue weighted by molar-refractivity contribution is -0.0553. The quantitative estimate of drug-likeness (QED) is 0.0927. The monoisotopic (exact) mass is 1360 g/mol. The number of H-pyrrole nitrogens is 2. The van der Waals surface area contributed by atoms with Gasteiger partial charge in [-0.05, 0) is 18.9 Å². The minimum atomic E-state index is -5.07. The van der Waals surface area contributed by atoms with Gasteiger partial charge in [-0.2, -0.15) is 9.97 Å². The maximum atomic E-state index is 15.9. The summed E-state index contributed by atoms with van der Waals surface area (Å²) >= 11 is 0. The Kier molecular flexibility index (Phi) is 17.0. The third-order valence-electron chi connectivity index (χ3n) is 15.8. The number of nitrogens with two attached hydrogens (primary N) is 4. The van der Waals surface area contributed by atoms with Crippen LogP contribution in [0.25, 0.3) is 44.7 Å². The zero-order valence-corrected chi connectivity index (χ0v) is 49.1. The van der Waals surface area contributed by atoms with E-state index >= 15 is 4.39 Å². The topological polar surface area (TPSA) is 608 Å². The van der Waals surface area contributed by atoms with Crippen molar-refractivity contribution < 1.29 is 103 Å². The molecule has 6 aliphatic rings. The maximum absolute atomic E-state index is 15.9. The van der Waals surface area contributed by atoms with Crippen molar-refractivity contribution in [1.82, 2.24) is 73.1 Å². The second-order valence-corrected chi connectivity index (χ2v) is 27.0. The van der Waals surface area contributed by atoms with E-state index < -0.39 is 166 Å². The molecule has 2 saturated carbocycles. The summed E-state index contributed by atoms with van der Waals surface area (Å²) in [5, 5.41) is 33.4. The van der Waals surface area contributed by atoms with Gasteiger partial charge in [0, 0.05) is 18.0 Å². The first-order valence-corrected chi connectivity index (χ1v) is 32.7. The first-order valence-electron chi connectivity index (χ1n) is 26.7. The van der Waals surface area contributed by atoms with Crippen molar-refractivity contribution in [3.05, 3.63) is 64.6 Å². The summed E-state index contributed by atoms with van der Waals surface area (Å²) in [6.07, 6.45) is -12.0. The number of phosphoric ester groups is 4. The van der Waals surface area contributed by atoms with Crippen molar-refractivity contribution in [3.8, 4) is 0 Å². The summed E-state index contributed by atoms with van der Waals surface area (Å²) in [6, 6.07) is -0.519. The highest BCUT2D eigenvalue weighted by atomic mass is 31.2. The molecule has 6 fully saturated rings. The number of imidazole rings is 4. The molecule has 0 amide bonds. The van der Waals surface area contributed by atoms with Crippen LogP contribution in [0.5, 0.6) is 0 Å². The summed E-state index contributed by atoms with van der Waals surface area (Å²) in [6.45, 7) is -2.88. The number of alkyl halides is 1. The Morgan fingerprint density at radius 3 is 1.48 bits per heavy atom. The molecule has 8 aromatic heterocycles. The van der Waals surface area contributed by atoms with Crippen LogP contribution < -0.4 is 34.1 Å². The van der Waals surface area contributed by atoms with Gasteiger partial charge in [0.2, 0.25) is 11.9 Å². The number of fused-ring (bicyclic) bond motifs is 10. The van der Waals surface area contributed by atoms with E-state index in [1.165, 1.54) is 55.8 Å². The molecule has 47 heteroatoms. The molecular weight excluding hydrogens is 1310 g/mol. The third kappa shape index (κ3) is 12.1. The number of hydrogen-bond donors (Lipinski definition) is 13. The number of nitrogens with zero attached hydrogens (tertiary/aromatic N) is 13. The fraction of sp³-hybridized carbons (Fsp3) is 0.523. The molecule has 20 atom stereocenters. The number of anilines is 4. The molecule has 8 unspecified atom stereocenters. The summed E-state index contributed by atoms with van der Waals surface area (Å²) in [5.41, 5.74) is 22.6. The number of aliphatic hydroxyl groups is 3. The summed E-state index contributed by atoms with van der Waals surface area (Å²) in [7, 11) is -20.1. The molecule has 492 valence electrons. The van der Waals surface area contributed by atoms with Crippen LogP contribution >= 0.6 is 31.3 Å². The van der Waals surface area contributed by atoms with E-state index in [4.69, 9.17) is 68.6 Å². The van der Waals surface area contributed by atoms with E-state index in [0.29, 0.717) is 0 Å². The highest BCUT2D eigenvalue weighted by Crippen LogP contribution is 2.57. The molecule has 91 heavy (non-hydrogen) atoms. The predicted molar refractivity (Wildman–Crippen MR) is 301 cm³/mol. The van der Waals surface area contributed by atoms with Crippen LogP contribution in [0.15, 0.2) is 53.5 Å². The SMILES string of the molecule is C.Nc1nc2c(ncn2C2C[C@@H]3COP(=O)(O)O[C@@H]4C(COP(=O)(O)O[C@@H]2[C@@H]3O)O[C@@H](n2cnc3c(N)ccnc32)[C@@H]4F)c(=O)[nH]1.Nc1nc2c(ncn2C2C[C@@H]3COP(=O)(O)O[C@@H]4C(COP(=O)(O)O[C@@H]2[C@@H]3O)O[C@@H](n2cnc3c(N)ncnc32)[C@@H]4O)c(=O)[nH]1. The van der Waals surface area contributed by atoms with Crippen molar-refractivity contribution in [2.24, 2.45) is 11.8 Å². The van der Waals surface area contributed by atoms with Gasteiger partial charge >= 0.3 is 31.3 Å². The number of nitrogen functional groups attached to an aromatic ring is 4. The number of aromatic amines is 2. The number of halogens is 1. The first kappa shape index (κ1) is 64.3. The number of hydrogen-bond acceptors (Lipinski definition) is 32. The minimum absolute atomic E-state index is 0. The van der Waals surface area contributed by atoms with Crippen LogP contribution in [0, 0.1) is 11.8 Å². The first-order chi connectivity index (χ1) is 42.6. The predicted octanol–water partition coefficient (Wildman–Crippen LogP) is -1.14. The normalized spacial score (nSPS) is 37.3. The number of rotatable bonds is 4. The molecule has 0 radical (unpaired) electrons. The van der Waals surface area contributed by atoms with Gasteiger partial charge in [0.1, 0.15) is 60.1 Å². The molecule has 12 heterocycles. The standard InChI is InChI=1S/C22H26FN9O11P2.C21H26N10O12P2.CH4/c23-12-17-11(41-21(12)32-7-27-13-9(24)1-2-26-18(13)32)5-40-45(37,38)42-16-10(3-8(15(16)33)4-39-44(35,36)43-17)31-6-28-14-19(31)29-22(25)30-20(14)34;22-16-10-17(25-4-24-16)31(6-26-10)20-13(33)15-9(41-20)3-40-45(37,38)42-14-8(1-7(12(14)32)2-39-44(35,36)43-15)30-5-27-11-18(30)28-21(23)29-19(11)34;/h1-2,6-8,10-12,15-17,21,33H,3-5H2,(H2,24,26)(H,35,36)(H,37,38)(H3,25,29,30,34);4-9,12-15,20,32-33H,1-3H2,(H,35,36)(H,37,38)(H2,22,24,25)(H3,23,28,29,34);1H4/t8-,10?,11?,12-,15-,16+,17-,21-;7-,8?,9?,12-,13-,14+,15-,20-;/m11./s1. The second-order valence-electron chi connectivity index (χ2n) is 21.4. The van der Waals surface area contributed by atoms with Crippen LogP contribution in [0.1, 0.15) is 44.8 Å². The van der Waals surface area contributed by atoms with Crippen LogP contribution in [0.3, 0.4) is 0 Å². The van der Waals surface area contributed by atoms with Gasteiger partial charge in [0.05, 0.1) is 81.7 Å². The maximum Gasteiger partial charge on any atom is 0.472 e. The van der Waals surface area contributed by atoms with Crippen molar-refractivity contribution >= 4 is 99.3 Å². The average Bonchev–Trinajstić information content (AvgIpc) is 1.65. The Bertz CT molecular complexity index is 4150. The Labute approximate surface area is 506 Å². The number of ether oxygens (including phenoxy) is 2. The highest BCUT2D eigenvalue weighted by molar-refractivity contribution is 7.48. The fourth-order valence-electron chi connectivity index (χ4n) is 11.7. The molecule has 0 spiro atoms. The van der Waals surface area contributed by atoms with E-state index in [0.717, 1.165) is 6.33 Å². The van der Waals surface area contributed by atoms with Gasteiger partial charge in [-0.25, -0.2) is 57.5 Å². The molecule has 14 rings (SSSR count). The van der Waals surface area contributed by atoms with Crippen molar-refractivity contribution in [2.75, 3.05) is 49.4 Å². The Morgan fingerprint density at radius 1 is 0.516 bits per heavy atom. The molecule has 0 aromatic carbocycles. The fourth-order valence-corrected chi connectivity index (χ4v) is 15.7. The van der Waals surface area contributed by atoms with Gasteiger partial charge < -0.3 is 76.4 Å². The number of phosphoric acid groups is 4. The summed E-state index contributed by atoms with van der Waals surface area (Å²) in [4.78, 5) is 108. The van der Waals surface area contributed by atoms with Gasteiger partial charge in [-0.3, -0.25) is 64.9 Å². The van der Waals surface area contributed by atoms with Gasteiger partial charge in [-0.1, -0.05) is 7.43 Å². The Hall–Kier alpha value is -6.76. The minimum Gasteiger partial charge on any atom is -0.397 e. The zero-order valence-electron chi connectivity index (χ0n) is 45.5. The second kappa shape index (κ2) is 24.0. The number of pyridine rings is 1. The Morgan fingerprint density at radius 2 is 0.945 bits per heavy atom.